The molecule has 1 amide bonds. The average Bonchev–Trinajstić information content (AvgIpc) is 2.82. The lowest BCUT2D eigenvalue weighted by Crippen LogP contribution is -2.25. The van der Waals surface area contributed by atoms with Crippen molar-refractivity contribution in [3.05, 3.63) is 35.2 Å². The molecule has 1 aromatic heterocycles. The third-order valence-corrected chi connectivity index (χ3v) is 4.29. The third kappa shape index (κ3) is 4.13. The quantitative estimate of drug-likeness (QED) is 0.471. The Bertz CT molecular complexity index is 934. The number of ketones is 1. The minimum absolute atomic E-state index is 0.191. The van der Waals surface area contributed by atoms with Crippen molar-refractivity contribution in [2.45, 2.75) is 20.3 Å². The minimum atomic E-state index is -1.10. The zero-order valence-corrected chi connectivity index (χ0v) is 15.9. The van der Waals surface area contributed by atoms with Gasteiger partial charge in [0.05, 0.1) is 24.5 Å². The lowest BCUT2D eigenvalue weighted by atomic mass is 10.1. The van der Waals surface area contributed by atoms with Crippen molar-refractivity contribution in [2.24, 2.45) is 7.05 Å². The number of carbonyl (C=O) groups is 3. The first kappa shape index (κ1) is 19.4. The molecule has 0 unspecified atom stereocenters. The van der Waals surface area contributed by atoms with E-state index in [1.807, 2.05) is 0 Å². The second-order valence-corrected chi connectivity index (χ2v) is 6.33. The number of benzene rings is 1. The number of hydrogen-bond donors (Lipinski definition) is 1. The molecule has 1 aliphatic rings. The summed E-state index contributed by atoms with van der Waals surface area (Å²) in [6.07, 6.45) is 0.774. The molecule has 0 saturated carbocycles. The number of rotatable bonds is 5. The molecule has 0 bridgehead atoms. The Balaban J connectivity index is 1.57. The van der Waals surface area contributed by atoms with Gasteiger partial charge in [-0.25, -0.2) is 4.79 Å². The maximum absolute atomic E-state index is 12.3. The number of ether oxygens (including phenoxy) is 3. The minimum Gasteiger partial charge on any atom is -0.490 e. The fourth-order valence-corrected chi connectivity index (χ4v) is 2.84. The van der Waals surface area contributed by atoms with Gasteiger partial charge in [0.1, 0.15) is 0 Å². The Hall–Kier alpha value is -3.36. The van der Waals surface area contributed by atoms with Gasteiger partial charge in [-0.2, -0.15) is 5.10 Å². The summed E-state index contributed by atoms with van der Waals surface area (Å²) < 4.78 is 17.4. The normalized spacial score (nSPS) is 12.8. The number of Topliss-reactive ketones (excluding diaryl/α,β-unsaturated/α-hetero) is 1. The molecular formula is C19H21N3O6. The number of aryl methyl sites for hydroxylation is 2. The molecule has 9 heteroatoms. The SMILES string of the molecule is Cc1nn(C)c(C)c1C(=O)C(=O)OCC(=O)Nc1ccc2c(c1)OCCCO2. The first-order chi connectivity index (χ1) is 13.4. The van der Waals surface area contributed by atoms with Crippen LogP contribution in [0.25, 0.3) is 0 Å². The number of amides is 1. The topological polar surface area (TPSA) is 109 Å². The number of anilines is 1. The first-order valence-corrected chi connectivity index (χ1v) is 8.78. The van der Waals surface area contributed by atoms with E-state index in [-0.39, 0.29) is 5.56 Å². The highest BCUT2D eigenvalue weighted by atomic mass is 16.5. The van der Waals surface area contributed by atoms with E-state index in [2.05, 4.69) is 10.4 Å². The molecular weight excluding hydrogens is 366 g/mol. The number of fused-ring (bicyclic) bond motifs is 1. The van der Waals surface area contributed by atoms with Crippen LogP contribution in [-0.4, -0.2) is 47.3 Å². The molecule has 148 valence electrons. The van der Waals surface area contributed by atoms with Crippen LogP contribution < -0.4 is 14.8 Å². The van der Waals surface area contributed by atoms with Gasteiger partial charge in [-0.1, -0.05) is 0 Å². The van der Waals surface area contributed by atoms with E-state index in [1.54, 1.807) is 39.1 Å². The van der Waals surface area contributed by atoms with Crippen LogP contribution in [0.5, 0.6) is 11.5 Å². The van der Waals surface area contributed by atoms with Gasteiger partial charge in [0.2, 0.25) is 0 Å². The molecule has 1 aromatic carbocycles. The van der Waals surface area contributed by atoms with E-state index in [1.165, 1.54) is 4.68 Å². The molecule has 0 aliphatic carbocycles. The largest absolute Gasteiger partial charge is 0.490 e. The molecule has 0 spiro atoms. The van der Waals surface area contributed by atoms with Crippen LogP contribution in [0.4, 0.5) is 5.69 Å². The number of nitrogens with one attached hydrogen (secondary N) is 1. The summed E-state index contributed by atoms with van der Waals surface area (Å²) >= 11 is 0. The Labute approximate surface area is 161 Å². The number of carbonyl (C=O) groups excluding carboxylic acids is 3. The highest BCUT2D eigenvalue weighted by Gasteiger charge is 2.25. The van der Waals surface area contributed by atoms with Gasteiger partial charge in [-0.15, -0.1) is 0 Å². The van der Waals surface area contributed by atoms with Crippen molar-refractivity contribution in [2.75, 3.05) is 25.1 Å². The third-order valence-electron chi connectivity index (χ3n) is 4.29. The van der Waals surface area contributed by atoms with Crippen molar-refractivity contribution in [1.29, 1.82) is 0 Å². The molecule has 9 nitrogen and oxygen atoms in total. The molecule has 0 radical (unpaired) electrons. The molecule has 3 rings (SSSR count). The molecule has 28 heavy (non-hydrogen) atoms. The van der Waals surface area contributed by atoms with Crippen LogP contribution in [0.2, 0.25) is 0 Å². The highest BCUT2D eigenvalue weighted by molar-refractivity contribution is 6.41. The first-order valence-electron chi connectivity index (χ1n) is 8.78. The molecule has 0 fully saturated rings. The van der Waals surface area contributed by atoms with Crippen molar-refractivity contribution < 1.29 is 28.6 Å². The summed E-state index contributed by atoms with van der Waals surface area (Å²) in [4.78, 5) is 36.4. The average molecular weight is 387 g/mol. The predicted molar refractivity (Wildman–Crippen MR) is 98.7 cm³/mol. The second-order valence-electron chi connectivity index (χ2n) is 6.33. The van der Waals surface area contributed by atoms with Gasteiger partial charge in [-0.05, 0) is 26.0 Å². The Kier molecular flexibility index (Phi) is 5.62. The van der Waals surface area contributed by atoms with E-state index < -0.39 is 24.3 Å². The predicted octanol–water partition coefficient (Wildman–Crippen LogP) is 1.56. The van der Waals surface area contributed by atoms with Crippen molar-refractivity contribution >= 4 is 23.3 Å². The molecule has 0 saturated heterocycles. The van der Waals surface area contributed by atoms with Crippen molar-refractivity contribution in [1.82, 2.24) is 9.78 Å². The zero-order chi connectivity index (χ0) is 20.3. The fraction of sp³-hybridized carbons (Fsp3) is 0.368. The van der Waals surface area contributed by atoms with Crippen molar-refractivity contribution in [3.63, 3.8) is 0 Å². The zero-order valence-electron chi connectivity index (χ0n) is 15.9. The van der Waals surface area contributed by atoms with Gasteiger partial charge in [0.15, 0.2) is 18.1 Å². The van der Waals surface area contributed by atoms with Crippen LogP contribution in [0.15, 0.2) is 18.2 Å². The second kappa shape index (κ2) is 8.12. The molecule has 1 N–H and O–H groups in total. The number of hydrogen-bond acceptors (Lipinski definition) is 7. The van der Waals surface area contributed by atoms with Crippen LogP contribution in [0, 0.1) is 13.8 Å². The monoisotopic (exact) mass is 387 g/mol. The Morgan fingerprint density at radius 3 is 2.57 bits per heavy atom. The van der Waals surface area contributed by atoms with Gasteiger partial charge >= 0.3 is 5.97 Å². The van der Waals surface area contributed by atoms with Crippen molar-refractivity contribution in [3.8, 4) is 11.5 Å². The lowest BCUT2D eigenvalue weighted by molar-refractivity contribution is -0.142. The summed E-state index contributed by atoms with van der Waals surface area (Å²) in [6.45, 7) is 3.81. The van der Waals surface area contributed by atoms with E-state index >= 15 is 0 Å². The summed E-state index contributed by atoms with van der Waals surface area (Å²) in [7, 11) is 1.67. The maximum atomic E-state index is 12.3. The van der Waals surface area contributed by atoms with Crippen LogP contribution in [0.3, 0.4) is 0 Å². The molecule has 2 heterocycles. The summed E-state index contributed by atoms with van der Waals surface area (Å²) in [5.74, 6) is -1.37. The van der Waals surface area contributed by atoms with Gasteiger partial charge in [0.25, 0.3) is 11.7 Å². The van der Waals surface area contributed by atoms with Gasteiger partial charge in [0, 0.05) is 30.9 Å². The van der Waals surface area contributed by atoms with Gasteiger partial charge < -0.3 is 19.5 Å². The summed E-state index contributed by atoms with van der Waals surface area (Å²) in [5.41, 5.74) is 1.64. The van der Waals surface area contributed by atoms with Crippen LogP contribution in [0.1, 0.15) is 28.2 Å². The Morgan fingerprint density at radius 2 is 1.89 bits per heavy atom. The maximum Gasteiger partial charge on any atom is 0.380 e. The summed E-state index contributed by atoms with van der Waals surface area (Å²) in [5, 5.41) is 6.69. The van der Waals surface area contributed by atoms with Crippen LogP contribution in [-0.2, 0) is 21.4 Å². The molecule has 1 aliphatic heterocycles. The Morgan fingerprint density at radius 1 is 1.18 bits per heavy atom. The summed E-state index contributed by atoms with van der Waals surface area (Å²) in [6, 6.07) is 4.98. The number of nitrogens with zero attached hydrogens (tertiary/aromatic N) is 2. The lowest BCUT2D eigenvalue weighted by Gasteiger charge is -2.10. The molecule has 0 atom stereocenters. The van der Waals surface area contributed by atoms with E-state index in [9.17, 15) is 14.4 Å². The fourth-order valence-electron chi connectivity index (χ4n) is 2.84. The van der Waals surface area contributed by atoms with E-state index in [4.69, 9.17) is 14.2 Å². The molecule has 2 aromatic rings. The standard InChI is InChI=1S/C19H21N3O6/c1-11-17(12(2)22(3)21-11)18(24)19(25)28-10-16(23)20-13-5-6-14-15(9-13)27-8-4-7-26-14/h5-6,9H,4,7-8,10H2,1-3H3,(H,20,23). The van der Waals surface area contributed by atoms with Crippen LogP contribution >= 0.6 is 0 Å². The highest BCUT2D eigenvalue weighted by Crippen LogP contribution is 2.32. The number of esters is 1. The van der Waals surface area contributed by atoms with E-state index in [0.29, 0.717) is 41.8 Å². The van der Waals surface area contributed by atoms with E-state index in [0.717, 1.165) is 6.42 Å². The number of aromatic nitrogens is 2. The smallest absolute Gasteiger partial charge is 0.380 e. The van der Waals surface area contributed by atoms with Gasteiger partial charge in [-0.3, -0.25) is 14.3 Å².